The van der Waals surface area contributed by atoms with Gasteiger partial charge in [0, 0.05) is 32.6 Å². The van der Waals surface area contributed by atoms with Gasteiger partial charge in [0.1, 0.15) is 0 Å². The number of carbonyl (C=O) groups excluding carboxylic acids is 2. The molecule has 0 spiro atoms. The van der Waals surface area contributed by atoms with E-state index in [4.69, 9.17) is 0 Å². The molecule has 0 atom stereocenters. The van der Waals surface area contributed by atoms with Gasteiger partial charge in [-0.3, -0.25) is 9.59 Å². The van der Waals surface area contributed by atoms with E-state index in [1.807, 2.05) is 36.7 Å². The number of benzene rings is 1. The highest BCUT2D eigenvalue weighted by molar-refractivity contribution is 7.12. The maximum Gasteiger partial charge on any atom is 0.261 e. The Balaban J connectivity index is 1.51. The Labute approximate surface area is 153 Å². The second kappa shape index (κ2) is 10.6. The summed E-state index contributed by atoms with van der Waals surface area (Å²) >= 11 is 1.41. The van der Waals surface area contributed by atoms with Crippen LogP contribution < -0.4 is 10.6 Å². The first-order valence-electron chi connectivity index (χ1n) is 8.46. The van der Waals surface area contributed by atoms with Crippen molar-refractivity contribution >= 4 is 23.2 Å². The molecule has 6 heteroatoms. The molecule has 0 aliphatic carbocycles. The fourth-order valence-electron chi connectivity index (χ4n) is 2.39. The molecule has 0 aliphatic heterocycles. The van der Waals surface area contributed by atoms with Crippen LogP contribution in [-0.4, -0.2) is 43.4 Å². The van der Waals surface area contributed by atoms with Crippen LogP contribution in [-0.2, 0) is 11.3 Å². The van der Waals surface area contributed by atoms with Crippen molar-refractivity contribution in [3.8, 4) is 0 Å². The first kappa shape index (κ1) is 19.1. The highest BCUT2D eigenvalue weighted by atomic mass is 32.1. The smallest absolute Gasteiger partial charge is 0.261 e. The largest absolute Gasteiger partial charge is 0.355 e. The van der Waals surface area contributed by atoms with Crippen molar-refractivity contribution in [2.45, 2.75) is 19.4 Å². The quantitative estimate of drug-likeness (QED) is 0.641. The Kier molecular flexibility index (Phi) is 8.15. The molecule has 0 bridgehead atoms. The maximum absolute atomic E-state index is 11.8. The lowest BCUT2D eigenvalue weighted by molar-refractivity contribution is -0.121. The molecular formula is C19H25N3O2S. The number of likely N-dealkylation sites (N-methyl/N-ethyl adjacent to an activating group) is 1. The topological polar surface area (TPSA) is 61.4 Å². The van der Waals surface area contributed by atoms with Crippen LogP contribution in [0.1, 0.15) is 28.1 Å². The Hall–Kier alpha value is -2.18. The lowest BCUT2D eigenvalue weighted by Crippen LogP contribution is -2.33. The van der Waals surface area contributed by atoms with Gasteiger partial charge in [0.25, 0.3) is 5.91 Å². The van der Waals surface area contributed by atoms with E-state index in [-0.39, 0.29) is 11.8 Å². The Morgan fingerprint density at radius 1 is 1.04 bits per heavy atom. The number of hydrogen-bond acceptors (Lipinski definition) is 4. The summed E-state index contributed by atoms with van der Waals surface area (Å²) in [6.45, 7) is 2.81. The van der Waals surface area contributed by atoms with Crippen LogP contribution in [0.3, 0.4) is 0 Å². The molecule has 1 aromatic heterocycles. The molecule has 0 fully saturated rings. The summed E-state index contributed by atoms with van der Waals surface area (Å²) in [6.07, 6.45) is 1.07. The highest BCUT2D eigenvalue weighted by Gasteiger charge is 2.06. The van der Waals surface area contributed by atoms with E-state index in [1.54, 1.807) is 6.07 Å². The zero-order chi connectivity index (χ0) is 17.9. The third kappa shape index (κ3) is 7.49. The van der Waals surface area contributed by atoms with Crippen molar-refractivity contribution in [2.24, 2.45) is 0 Å². The van der Waals surface area contributed by atoms with Gasteiger partial charge in [-0.05, 0) is 30.5 Å². The van der Waals surface area contributed by atoms with Gasteiger partial charge >= 0.3 is 0 Å². The van der Waals surface area contributed by atoms with Crippen LogP contribution in [0.5, 0.6) is 0 Å². The molecular weight excluding hydrogens is 334 g/mol. The number of carbonyl (C=O) groups is 2. The fourth-order valence-corrected chi connectivity index (χ4v) is 3.03. The van der Waals surface area contributed by atoms with Crippen LogP contribution >= 0.6 is 11.3 Å². The van der Waals surface area contributed by atoms with Crippen LogP contribution in [0.25, 0.3) is 0 Å². The predicted molar refractivity (Wildman–Crippen MR) is 102 cm³/mol. The first-order valence-corrected chi connectivity index (χ1v) is 9.34. The molecule has 0 saturated carbocycles. The van der Waals surface area contributed by atoms with E-state index < -0.39 is 0 Å². The summed E-state index contributed by atoms with van der Waals surface area (Å²) in [5.41, 5.74) is 1.26. The molecule has 0 aliphatic rings. The lowest BCUT2D eigenvalue weighted by atomic mass is 10.2. The second-order valence-electron chi connectivity index (χ2n) is 5.91. The zero-order valence-corrected chi connectivity index (χ0v) is 15.3. The molecule has 134 valence electrons. The van der Waals surface area contributed by atoms with Gasteiger partial charge in [-0.1, -0.05) is 36.4 Å². The molecule has 0 radical (unpaired) electrons. The summed E-state index contributed by atoms with van der Waals surface area (Å²) in [6, 6.07) is 13.9. The first-order chi connectivity index (χ1) is 12.1. The number of nitrogens with zero attached hydrogens (tertiary/aromatic N) is 1. The van der Waals surface area contributed by atoms with Gasteiger partial charge in [-0.2, -0.15) is 0 Å². The van der Waals surface area contributed by atoms with E-state index in [0.29, 0.717) is 30.8 Å². The molecule has 1 heterocycles. The van der Waals surface area contributed by atoms with E-state index in [2.05, 4.69) is 27.7 Å². The Morgan fingerprint density at radius 3 is 2.56 bits per heavy atom. The second-order valence-corrected chi connectivity index (χ2v) is 6.86. The van der Waals surface area contributed by atoms with E-state index in [0.717, 1.165) is 13.1 Å². The summed E-state index contributed by atoms with van der Waals surface area (Å²) < 4.78 is 0. The average Bonchev–Trinajstić information content (AvgIpc) is 3.14. The van der Waals surface area contributed by atoms with Gasteiger partial charge in [-0.25, -0.2) is 0 Å². The molecule has 2 N–H and O–H groups in total. The molecule has 5 nitrogen and oxygen atoms in total. The minimum absolute atomic E-state index is 0.0264. The Bertz CT molecular complexity index is 644. The monoisotopic (exact) mass is 359 g/mol. The van der Waals surface area contributed by atoms with Crippen LogP contribution in [0.4, 0.5) is 0 Å². The van der Waals surface area contributed by atoms with Crippen molar-refractivity contribution in [3.05, 3.63) is 58.3 Å². The van der Waals surface area contributed by atoms with Crippen LogP contribution in [0.2, 0.25) is 0 Å². The van der Waals surface area contributed by atoms with Gasteiger partial charge in [0.05, 0.1) is 4.88 Å². The molecule has 0 saturated heterocycles. The number of thiophene rings is 1. The summed E-state index contributed by atoms with van der Waals surface area (Å²) in [7, 11) is 2.04. The SMILES string of the molecule is CN(CCNC(=O)CCCNC(=O)c1cccs1)Cc1ccccc1. The van der Waals surface area contributed by atoms with Crippen molar-refractivity contribution in [1.29, 1.82) is 0 Å². The fraction of sp³-hybridized carbons (Fsp3) is 0.368. The summed E-state index contributed by atoms with van der Waals surface area (Å²) in [5, 5.41) is 7.62. The van der Waals surface area contributed by atoms with Gasteiger partial charge in [0.2, 0.25) is 5.91 Å². The van der Waals surface area contributed by atoms with Crippen LogP contribution in [0.15, 0.2) is 47.8 Å². The molecule has 25 heavy (non-hydrogen) atoms. The van der Waals surface area contributed by atoms with Gasteiger partial charge in [-0.15, -0.1) is 11.3 Å². The number of rotatable bonds is 10. The van der Waals surface area contributed by atoms with Crippen LogP contribution in [0, 0.1) is 0 Å². The molecule has 1 aromatic carbocycles. The maximum atomic E-state index is 11.8. The van der Waals surface area contributed by atoms with Gasteiger partial charge < -0.3 is 15.5 Å². The zero-order valence-electron chi connectivity index (χ0n) is 14.5. The highest BCUT2D eigenvalue weighted by Crippen LogP contribution is 2.07. The third-order valence-corrected chi connectivity index (χ3v) is 4.59. The van der Waals surface area contributed by atoms with Crippen molar-refractivity contribution < 1.29 is 9.59 Å². The minimum Gasteiger partial charge on any atom is -0.355 e. The van der Waals surface area contributed by atoms with Crippen molar-refractivity contribution in [3.63, 3.8) is 0 Å². The molecule has 0 unspecified atom stereocenters. The Morgan fingerprint density at radius 2 is 1.84 bits per heavy atom. The summed E-state index contributed by atoms with van der Waals surface area (Å²) in [4.78, 5) is 26.4. The molecule has 2 amide bonds. The molecule has 2 aromatic rings. The van der Waals surface area contributed by atoms with E-state index >= 15 is 0 Å². The summed E-state index contributed by atoms with van der Waals surface area (Å²) in [5.74, 6) is -0.0450. The van der Waals surface area contributed by atoms with Crippen molar-refractivity contribution in [1.82, 2.24) is 15.5 Å². The lowest BCUT2D eigenvalue weighted by Gasteiger charge is -2.17. The number of hydrogen-bond donors (Lipinski definition) is 2. The van der Waals surface area contributed by atoms with E-state index in [1.165, 1.54) is 16.9 Å². The van der Waals surface area contributed by atoms with Gasteiger partial charge in [0.15, 0.2) is 0 Å². The predicted octanol–water partition coefficient (Wildman–Crippen LogP) is 2.51. The third-order valence-electron chi connectivity index (χ3n) is 3.72. The number of amides is 2. The minimum atomic E-state index is -0.0713. The van der Waals surface area contributed by atoms with Crippen molar-refractivity contribution in [2.75, 3.05) is 26.7 Å². The standard InChI is InChI=1S/C19H25N3O2S/c1-22(15-16-7-3-2-4-8-16)13-12-20-18(23)10-5-11-21-19(24)17-9-6-14-25-17/h2-4,6-9,14H,5,10-13,15H2,1H3,(H,20,23)(H,21,24). The molecule has 2 rings (SSSR count). The normalized spacial score (nSPS) is 10.6. The number of nitrogens with one attached hydrogen (secondary N) is 2. The van der Waals surface area contributed by atoms with E-state index in [9.17, 15) is 9.59 Å². The average molecular weight is 359 g/mol.